The summed E-state index contributed by atoms with van der Waals surface area (Å²) in [5.74, 6) is -0.288. The molecule has 0 unspecified atom stereocenters. The van der Waals surface area contributed by atoms with Crippen LogP contribution in [0.5, 0.6) is 0 Å². The van der Waals surface area contributed by atoms with Crippen LogP contribution in [0, 0.1) is 0 Å². The third-order valence-electron chi connectivity index (χ3n) is 3.11. The van der Waals surface area contributed by atoms with Crippen molar-refractivity contribution in [2.75, 3.05) is 13.7 Å². The number of esters is 1. The van der Waals surface area contributed by atoms with Crippen molar-refractivity contribution in [3.63, 3.8) is 0 Å². The second-order valence-corrected chi connectivity index (χ2v) is 4.60. The third kappa shape index (κ3) is 5.58. The van der Waals surface area contributed by atoms with Gasteiger partial charge in [0.2, 0.25) is 0 Å². The van der Waals surface area contributed by atoms with Crippen molar-refractivity contribution in [3.8, 4) is 0 Å². The van der Waals surface area contributed by atoms with Crippen LogP contribution in [0.3, 0.4) is 0 Å². The number of hydrogen-bond donors (Lipinski definition) is 1. The maximum atomic E-state index is 11.4. The number of benzene rings is 2. The molecule has 2 aromatic rings. The molecule has 0 saturated carbocycles. The molecule has 1 N–H and O–H groups in total. The fourth-order valence-corrected chi connectivity index (χ4v) is 2.03. The van der Waals surface area contributed by atoms with Gasteiger partial charge in [0.25, 0.3) is 0 Å². The van der Waals surface area contributed by atoms with Crippen molar-refractivity contribution >= 4 is 18.4 Å². The highest BCUT2D eigenvalue weighted by Crippen LogP contribution is 2.07. The van der Waals surface area contributed by atoms with Crippen LogP contribution in [-0.2, 0) is 17.7 Å². The molecule has 112 valence electrons. The molecule has 2 aromatic carbocycles. The molecule has 0 amide bonds. The number of ether oxygens (including phenoxy) is 1. The van der Waals surface area contributed by atoms with Gasteiger partial charge in [-0.05, 0) is 36.2 Å². The van der Waals surface area contributed by atoms with E-state index >= 15 is 0 Å². The summed E-state index contributed by atoms with van der Waals surface area (Å²) in [6, 6.07) is 17.9. The van der Waals surface area contributed by atoms with Crippen LogP contribution >= 0.6 is 12.4 Å². The van der Waals surface area contributed by atoms with E-state index in [4.69, 9.17) is 4.74 Å². The number of carbonyl (C=O) groups excluding carboxylic acids is 1. The summed E-state index contributed by atoms with van der Waals surface area (Å²) in [6.45, 7) is 1.73. The SMILES string of the molecule is COC(=O)c1cccc(CCNCc2ccccc2)c1.Cl. The molecule has 2 rings (SSSR count). The van der Waals surface area contributed by atoms with Crippen LogP contribution in [0.15, 0.2) is 54.6 Å². The van der Waals surface area contributed by atoms with Gasteiger partial charge in [0, 0.05) is 6.54 Å². The molecule has 0 saturated heterocycles. The number of methoxy groups -OCH3 is 1. The lowest BCUT2D eigenvalue weighted by atomic mass is 10.1. The van der Waals surface area contributed by atoms with Gasteiger partial charge < -0.3 is 10.1 Å². The minimum atomic E-state index is -0.288. The molecule has 0 spiro atoms. The number of rotatable bonds is 6. The van der Waals surface area contributed by atoms with E-state index in [0.29, 0.717) is 5.56 Å². The van der Waals surface area contributed by atoms with Crippen molar-refractivity contribution in [2.24, 2.45) is 0 Å². The zero-order valence-corrected chi connectivity index (χ0v) is 12.9. The van der Waals surface area contributed by atoms with Gasteiger partial charge in [-0.25, -0.2) is 4.79 Å². The van der Waals surface area contributed by atoms with Crippen LogP contribution in [0.4, 0.5) is 0 Å². The number of nitrogens with one attached hydrogen (secondary N) is 1. The minimum Gasteiger partial charge on any atom is -0.465 e. The van der Waals surface area contributed by atoms with Gasteiger partial charge in [-0.15, -0.1) is 12.4 Å². The minimum absolute atomic E-state index is 0. The highest BCUT2D eigenvalue weighted by atomic mass is 35.5. The lowest BCUT2D eigenvalue weighted by Crippen LogP contribution is -2.16. The van der Waals surface area contributed by atoms with Crippen molar-refractivity contribution in [1.29, 1.82) is 0 Å². The molecule has 0 aliphatic carbocycles. The number of hydrogen-bond acceptors (Lipinski definition) is 3. The molecule has 4 heteroatoms. The lowest BCUT2D eigenvalue weighted by molar-refractivity contribution is 0.0600. The molecular formula is C17H20ClNO2. The Kier molecular flexibility index (Phi) is 7.51. The summed E-state index contributed by atoms with van der Waals surface area (Å²) in [4.78, 5) is 11.4. The first-order valence-corrected chi connectivity index (χ1v) is 6.71. The monoisotopic (exact) mass is 305 g/mol. The van der Waals surface area contributed by atoms with E-state index in [9.17, 15) is 4.79 Å². The molecular weight excluding hydrogens is 286 g/mol. The van der Waals surface area contributed by atoms with Crippen LogP contribution in [0.1, 0.15) is 21.5 Å². The summed E-state index contributed by atoms with van der Waals surface area (Å²) in [5.41, 5.74) is 3.01. The standard InChI is InChI=1S/C17H19NO2.ClH/c1-20-17(19)16-9-5-8-14(12-16)10-11-18-13-15-6-3-2-4-7-15;/h2-9,12,18H,10-11,13H2,1H3;1H. The van der Waals surface area contributed by atoms with E-state index in [1.54, 1.807) is 6.07 Å². The van der Waals surface area contributed by atoms with Crippen molar-refractivity contribution in [3.05, 3.63) is 71.3 Å². The molecule has 0 heterocycles. The second kappa shape index (κ2) is 9.16. The van der Waals surface area contributed by atoms with Crippen LogP contribution in [0.25, 0.3) is 0 Å². The molecule has 0 atom stereocenters. The first-order chi connectivity index (χ1) is 9.79. The Bertz CT molecular complexity index is 558. The Balaban J connectivity index is 0.00000220. The van der Waals surface area contributed by atoms with E-state index in [2.05, 4.69) is 17.4 Å². The summed E-state index contributed by atoms with van der Waals surface area (Å²) in [5, 5.41) is 3.40. The van der Waals surface area contributed by atoms with Crippen molar-refractivity contribution in [1.82, 2.24) is 5.32 Å². The molecule has 3 nitrogen and oxygen atoms in total. The molecule has 0 radical (unpaired) electrons. The molecule has 0 aliphatic rings. The highest BCUT2D eigenvalue weighted by molar-refractivity contribution is 5.89. The van der Waals surface area contributed by atoms with Crippen LogP contribution in [0.2, 0.25) is 0 Å². The zero-order valence-electron chi connectivity index (χ0n) is 12.0. The molecule has 0 fully saturated rings. The molecule has 0 bridgehead atoms. The van der Waals surface area contributed by atoms with Crippen LogP contribution < -0.4 is 5.32 Å². The van der Waals surface area contributed by atoms with E-state index in [-0.39, 0.29) is 18.4 Å². The van der Waals surface area contributed by atoms with Crippen molar-refractivity contribution in [2.45, 2.75) is 13.0 Å². The van der Waals surface area contributed by atoms with Gasteiger partial charge in [-0.2, -0.15) is 0 Å². The van der Waals surface area contributed by atoms with Crippen molar-refractivity contribution < 1.29 is 9.53 Å². The van der Waals surface area contributed by atoms with E-state index < -0.39 is 0 Å². The van der Waals surface area contributed by atoms with Gasteiger partial charge in [-0.3, -0.25) is 0 Å². The normalized spacial score (nSPS) is 9.76. The maximum absolute atomic E-state index is 11.4. The van der Waals surface area contributed by atoms with Gasteiger partial charge >= 0.3 is 5.97 Å². The number of halogens is 1. The lowest BCUT2D eigenvalue weighted by Gasteiger charge is -2.06. The topological polar surface area (TPSA) is 38.3 Å². The summed E-state index contributed by atoms with van der Waals surface area (Å²) >= 11 is 0. The summed E-state index contributed by atoms with van der Waals surface area (Å²) in [6.07, 6.45) is 0.887. The van der Waals surface area contributed by atoms with E-state index in [1.165, 1.54) is 12.7 Å². The summed E-state index contributed by atoms with van der Waals surface area (Å²) in [7, 11) is 1.40. The zero-order chi connectivity index (χ0) is 14.2. The van der Waals surface area contributed by atoms with Gasteiger partial charge in [-0.1, -0.05) is 42.5 Å². The van der Waals surface area contributed by atoms with Gasteiger partial charge in [0.15, 0.2) is 0 Å². The second-order valence-electron chi connectivity index (χ2n) is 4.60. The molecule has 21 heavy (non-hydrogen) atoms. The molecule has 0 aliphatic heterocycles. The fourth-order valence-electron chi connectivity index (χ4n) is 2.03. The smallest absolute Gasteiger partial charge is 0.337 e. The number of carbonyl (C=O) groups is 1. The third-order valence-corrected chi connectivity index (χ3v) is 3.11. The highest BCUT2D eigenvalue weighted by Gasteiger charge is 2.05. The van der Waals surface area contributed by atoms with Gasteiger partial charge in [0.1, 0.15) is 0 Å². The Hall–Kier alpha value is -1.84. The Labute approximate surface area is 131 Å². The Morgan fingerprint density at radius 2 is 1.76 bits per heavy atom. The Morgan fingerprint density at radius 1 is 1.05 bits per heavy atom. The first-order valence-electron chi connectivity index (χ1n) is 6.71. The van der Waals surface area contributed by atoms with E-state index in [0.717, 1.165) is 25.1 Å². The predicted octanol–water partition coefficient (Wildman–Crippen LogP) is 3.23. The maximum Gasteiger partial charge on any atom is 0.337 e. The average Bonchev–Trinajstić information content (AvgIpc) is 2.52. The summed E-state index contributed by atoms with van der Waals surface area (Å²) < 4.78 is 4.72. The average molecular weight is 306 g/mol. The quantitative estimate of drug-likeness (QED) is 0.658. The van der Waals surface area contributed by atoms with E-state index in [1.807, 2.05) is 36.4 Å². The Morgan fingerprint density at radius 3 is 2.48 bits per heavy atom. The van der Waals surface area contributed by atoms with Crippen LogP contribution in [-0.4, -0.2) is 19.6 Å². The van der Waals surface area contributed by atoms with Gasteiger partial charge in [0.05, 0.1) is 12.7 Å². The fraction of sp³-hybridized carbons (Fsp3) is 0.235. The largest absolute Gasteiger partial charge is 0.465 e. The predicted molar refractivity (Wildman–Crippen MR) is 86.9 cm³/mol. The molecule has 0 aromatic heterocycles. The first kappa shape index (κ1) is 17.2.